The van der Waals surface area contributed by atoms with Crippen LogP contribution in [-0.4, -0.2) is 36.6 Å². The molecular formula is C24H32BrN3O4S. The van der Waals surface area contributed by atoms with Gasteiger partial charge in [0.1, 0.15) is 11.6 Å². The highest BCUT2D eigenvalue weighted by Crippen LogP contribution is 2.40. The highest BCUT2D eigenvalue weighted by Gasteiger charge is 2.30. The summed E-state index contributed by atoms with van der Waals surface area (Å²) in [6, 6.07) is 7.90. The molecule has 0 amide bonds. The van der Waals surface area contributed by atoms with Crippen molar-refractivity contribution in [3.63, 3.8) is 0 Å². The molecule has 0 atom stereocenters. The van der Waals surface area contributed by atoms with Crippen molar-refractivity contribution in [3.8, 4) is 5.75 Å². The van der Waals surface area contributed by atoms with Crippen LogP contribution in [0.2, 0.25) is 0 Å². The molecule has 9 heteroatoms. The van der Waals surface area contributed by atoms with Gasteiger partial charge in [0.05, 0.1) is 11.4 Å². The lowest BCUT2D eigenvalue weighted by molar-refractivity contribution is 0.0962. The zero-order valence-electron chi connectivity index (χ0n) is 19.8. The van der Waals surface area contributed by atoms with E-state index >= 15 is 0 Å². The number of primary sulfonamides is 1. The fourth-order valence-corrected chi connectivity index (χ4v) is 4.42. The first-order valence-corrected chi connectivity index (χ1v) is 12.0. The van der Waals surface area contributed by atoms with Gasteiger partial charge in [-0.15, -0.1) is 17.0 Å². The summed E-state index contributed by atoms with van der Waals surface area (Å²) in [7, 11) is -3.88. The lowest BCUT2D eigenvalue weighted by Crippen LogP contribution is -2.30. The van der Waals surface area contributed by atoms with Gasteiger partial charge in [0, 0.05) is 28.8 Å². The van der Waals surface area contributed by atoms with E-state index in [1.807, 2.05) is 41.5 Å². The van der Waals surface area contributed by atoms with E-state index in [2.05, 4.69) is 0 Å². The van der Waals surface area contributed by atoms with Crippen molar-refractivity contribution in [1.82, 2.24) is 4.90 Å². The Labute approximate surface area is 206 Å². The molecule has 0 radical (unpaired) electrons. The minimum Gasteiger partial charge on any atom is -0.507 e. The van der Waals surface area contributed by atoms with E-state index in [0.29, 0.717) is 28.8 Å². The van der Waals surface area contributed by atoms with Gasteiger partial charge >= 0.3 is 0 Å². The second-order valence-electron chi connectivity index (χ2n) is 10.4. The van der Waals surface area contributed by atoms with Crippen LogP contribution in [0.3, 0.4) is 0 Å². The third kappa shape index (κ3) is 5.47. The number of hydrogen-bond acceptors (Lipinski definition) is 5. The number of carbonyl (C=O) groups is 1. The van der Waals surface area contributed by atoms with Gasteiger partial charge in [-0.05, 0) is 40.7 Å². The number of phenolic OH excluding ortho intramolecular Hbond substituents is 1. The molecule has 3 rings (SSSR count). The van der Waals surface area contributed by atoms with E-state index in [-0.39, 0.29) is 56.6 Å². The van der Waals surface area contributed by atoms with E-state index in [4.69, 9.17) is 10.5 Å². The molecule has 0 saturated heterocycles. The number of benzene rings is 2. The summed E-state index contributed by atoms with van der Waals surface area (Å²) < 4.78 is 23.3. The van der Waals surface area contributed by atoms with Crippen molar-refractivity contribution in [2.75, 3.05) is 6.54 Å². The predicted molar refractivity (Wildman–Crippen MR) is 135 cm³/mol. The monoisotopic (exact) mass is 537 g/mol. The molecule has 4 N–H and O–H groups in total. The van der Waals surface area contributed by atoms with Crippen LogP contribution in [0.5, 0.6) is 5.75 Å². The molecule has 180 valence electrons. The highest BCUT2D eigenvalue weighted by atomic mass is 79.9. The van der Waals surface area contributed by atoms with Gasteiger partial charge in [0.15, 0.2) is 5.78 Å². The van der Waals surface area contributed by atoms with Crippen LogP contribution in [0, 0.1) is 5.41 Å². The van der Waals surface area contributed by atoms with Gasteiger partial charge in [0.25, 0.3) is 0 Å². The number of hydrogen-bond donors (Lipinski definition) is 3. The fourth-order valence-electron chi connectivity index (χ4n) is 3.88. The molecule has 0 aromatic heterocycles. The number of carbonyl (C=O) groups excluding carboxylic acids is 1. The second-order valence-corrected chi connectivity index (χ2v) is 12.0. The topological polar surface area (TPSA) is 125 Å². The van der Waals surface area contributed by atoms with Gasteiger partial charge in [-0.25, -0.2) is 13.6 Å². The summed E-state index contributed by atoms with van der Waals surface area (Å²) in [4.78, 5) is 14.8. The average Bonchev–Trinajstić information content (AvgIpc) is 2.94. The number of sulfonamides is 1. The zero-order valence-corrected chi connectivity index (χ0v) is 22.3. The number of nitrogens with zero attached hydrogens (tertiary/aromatic N) is 1. The Morgan fingerprint density at radius 3 is 2.03 bits per heavy atom. The van der Waals surface area contributed by atoms with Crippen molar-refractivity contribution < 1.29 is 18.3 Å². The van der Waals surface area contributed by atoms with Crippen LogP contribution >= 0.6 is 17.0 Å². The molecule has 1 heterocycles. The molecule has 0 spiro atoms. The molecule has 7 nitrogen and oxygen atoms in total. The molecule has 0 unspecified atom stereocenters. The van der Waals surface area contributed by atoms with Crippen molar-refractivity contribution in [1.29, 1.82) is 5.41 Å². The summed E-state index contributed by atoms with van der Waals surface area (Å²) in [5, 5.41) is 24.6. The van der Waals surface area contributed by atoms with E-state index in [1.54, 1.807) is 23.1 Å². The van der Waals surface area contributed by atoms with Crippen molar-refractivity contribution >= 4 is 38.6 Å². The predicted octanol–water partition coefficient (Wildman–Crippen LogP) is 4.24. The smallest absolute Gasteiger partial charge is 0.238 e. The number of nitrogens with two attached hydrogens (primary N) is 1. The number of Topliss-reactive ketones (excluding diaryl/α,β-unsaturated/α-hetero) is 1. The molecule has 33 heavy (non-hydrogen) atoms. The Morgan fingerprint density at radius 2 is 1.58 bits per heavy atom. The van der Waals surface area contributed by atoms with E-state index in [9.17, 15) is 18.3 Å². The molecular weight excluding hydrogens is 506 g/mol. The maximum atomic E-state index is 13.3. The number of amidine groups is 1. The van der Waals surface area contributed by atoms with E-state index in [1.165, 1.54) is 12.1 Å². The first-order valence-electron chi connectivity index (χ1n) is 10.4. The molecule has 0 aliphatic carbocycles. The maximum absolute atomic E-state index is 13.3. The van der Waals surface area contributed by atoms with Crippen LogP contribution in [0.15, 0.2) is 35.2 Å². The first-order chi connectivity index (χ1) is 14.5. The number of ketones is 1. The average molecular weight is 539 g/mol. The number of aromatic hydroxyl groups is 1. The largest absolute Gasteiger partial charge is 0.507 e. The number of nitrogens with one attached hydrogen (secondary N) is 1. The van der Waals surface area contributed by atoms with Crippen LogP contribution < -0.4 is 5.14 Å². The molecule has 2 aromatic rings. The molecule has 0 fully saturated rings. The summed E-state index contributed by atoms with van der Waals surface area (Å²) in [5.41, 5.74) is 2.39. The number of phenols is 1. The number of halogens is 1. The lowest BCUT2D eigenvalue weighted by atomic mass is 9.78. The second kappa shape index (κ2) is 8.85. The quantitative estimate of drug-likeness (QED) is 0.503. The third-order valence-electron chi connectivity index (χ3n) is 5.72. The van der Waals surface area contributed by atoms with Crippen molar-refractivity contribution in [2.24, 2.45) is 5.14 Å². The summed E-state index contributed by atoms with van der Waals surface area (Å²) >= 11 is 0. The Balaban J connectivity index is 0.00000385. The van der Waals surface area contributed by atoms with Crippen LogP contribution in [0.25, 0.3) is 0 Å². The van der Waals surface area contributed by atoms with Crippen LogP contribution in [0.4, 0.5) is 0 Å². The normalized spacial score (nSPS) is 14.2. The zero-order chi connectivity index (χ0) is 24.2. The molecule has 1 aliphatic heterocycles. The molecule has 2 aromatic carbocycles. The Bertz CT molecular complexity index is 1190. The van der Waals surface area contributed by atoms with Gasteiger partial charge in [-0.1, -0.05) is 47.6 Å². The van der Waals surface area contributed by atoms with Gasteiger partial charge in [-0.2, -0.15) is 0 Å². The SMILES string of the molecule is Br.CC(C)(C)c1cc(C(=O)CN2Cc3ccc(S(N)(=O)=O)cc3C2=N)cc(C(C)(C)C)c1O. The molecule has 1 aliphatic rings. The minimum atomic E-state index is -3.88. The van der Waals surface area contributed by atoms with Gasteiger partial charge in [0.2, 0.25) is 10.0 Å². The van der Waals surface area contributed by atoms with E-state index < -0.39 is 10.0 Å². The Morgan fingerprint density at radius 1 is 1.06 bits per heavy atom. The van der Waals surface area contributed by atoms with Crippen LogP contribution in [-0.2, 0) is 27.4 Å². The first kappa shape index (κ1) is 27.0. The number of rotatable bonds is 4. The summed E-state index contributed by atoms with van der Waals surface area (Å²) in [6.07, 6.45) is 0. The molecule has 0 bridgehead atoms. The standard InChI is InChI=1S/C24H31N3O4S.BrH/c1-23(2,3)18-9-15(10-19(21(18)29)24(4,5)6)20(28)13-27-12-14-7-8-16(32(26,30)31)11-17(14)22(27)25;/h7-11,25,29H,12-13H2,1-6H3,(H2,26,30,31);1H. The Hall–Kier alpha value is -2.23. The van der Waals surface area contributed by atoms with Gasteiger partial charge < -0.3 is 10.0 Å². The van der Waals surface area contributed by atoms with E-state index in [0.717, 1.165) is 5.56 Å². The lowest BCUT2D eigenvalue weighted by Gasteiger charge is -2.28. The fraction of sp³-hybridized carbons (Fsp3) is 0.417. The molecule has 0 saturated carbocycles. The minimum absolute atomic E-state index is 0. The van der Waals surface area contributed by atoms with Gasteiger partial charge in [-0.3, -0.25) is 10.2 Å². The summed E-state index contributed by atoms with van der Waals surface area (Å²) in [5.74, 6) is 0.119. The maximum Gasteiger partial charge on any atom is 0.238 e. The summed E-state index contributed by atoms with van der Waals surface area (Å²) in [6.45, 7) is 12.2. The van der Waals surface area contributed by atoms with Crippen molar-refractivity contribution in [3.05, 3.63) is 58.1 Å². The Kier molecular flexibility index (Phi) is 7.24. The third-order valence-corrected chi connectivity index (χ3v) is 6.64. The highest BCUT2D eigenvalue weighted by molar-refractivity contribution is 8.93. The number of fused-ring (bicyclic) bond motifs is 1. The van der Waals surface area contributed by atoms with Crippen molar-refractivity contribution in [2.45, 2.75) is 63.8 Å². The van der Waals surface area contributed by atoms with Crippen LogP contribution in [0.1, 0.15) is 74.2 Å².